The number of benzene rings is 1. The highest BCUT2D eigenvalue weighted by molar-refractivity contribution is 9.10. The molecule has 2 rings (SSSR count). The molecule has 2 unspecified atom stereocenters. The highest BCUT2D eigenvalue weighted by Crippen LogP contribution is 2.30. The van der Waals surface area contributed by atoms with Crippen molar-refractivity contribution in [1.82, 2.24) is 0 Å². The molecule has 2 atom stereocenters. The lowest BCUT2D eigenvalue weighted by atomic mass is 10.1. The molecule has 1 aromatic carbocycles. The van der Waals surface area contributed by atoms with Crippen molar-refractivity contribution in [2.24, 2.45) is 0 Å². The van der Waals surface area contributed by atoms with E-state index in [4.69, 9.17) is 4.74 Å². The molecule has 1 heterocycles. The maximum Gasteiger partial charge on any atom is 0.338 e. The molecule has 1 N–H and O–H groups in total. The van der Waals surface area contributed by atoms with Gasteiger partial charge >= 0.3 is 5.97 Å². The number of rotatable bonds is 2. The van der Waals surface area contributed by atoms with Crippen LogP contribution in [0.3, 0.4) is 0 Å². The largest absolute Gasteiger partial charge is 0.478 e. The number of aromatic carboxylic acids is 1. The molecule has 0 aromatic heterocycles. The van der Waals surface area contributed by atoms with Crippen LogP contribution < -0.4 is 4.90 Å². The lowest BCUT2D eigenvalue weighted by Gasteiger charge is -2.39. The van der Waals surface area contributed by atoms with Crippen LogP contribution in [0.4, 0.5) is 5.69 Å². The van der Waals surface area contributed by atoms with Crippen LogP contribution in [0, 0.1) is 0 Å². The monoisotopic (exact) mass is 313 g/mol. The van der Waals surface area contributed by atoms with Crippen LogP contribution in [0.1, 0.15) is 24.2 Å². The summed E-state index contributed by atoms with van der Waals surface area (Å²) in [6.07, 6.45) is 0.113. The number of hydrogen-bond donors (Lipinski definition) is 1. The zero-order valence-electron chi connectivity index (χ0n) is 10.4. The fourth-order valence-corrected chi connectivity index (χ4v) is 2.73. The second-order valence-electron chi connectivity index (χ2n) is 4.58. The minimum atomic E-state index is -0.913. The summed E-state index contributed by atoms with van der Waals surface area (Å²) in [6.45, 7) is 5.36. The Kier molecular flexibility index (Phi) is 3.92. The number of ether oxygens (including phenoxy) is 1. The van der Waals surface area contributed by atoms with Gasteiger partial charge in [0.2, 0.25) is 0 Å². The van der Waals surface area contributed by atoms with Gasteiger partial charge in [-0.2, -0.15) is 0 Å². The summed E-state index contributed by atoms with van der Waals surface area (Å²) < 4.78 is 6.18. The summed E-state index contributed by atoms with van der Waals surface area (Å²) in [5.41, 5.74) is 1.07. The zero-order chi connectivity index (χ0) is 13.3. The maximum absolute atomic E-state index is 11.4. The third-order valence-corrected chi connectivity index (χ3v) is 3.78. The molecule has 1 aliphatic heterocycles. The van der Waals surface area contributed by atoms with E-state index < -0.39 is 5.97 Å². The number of hydrogen-bond acceptors (Lipinski definition) is 3. The molecule has 0 spiro atoms. The van der Waals surface area contributed by atoms with Gasteiger partial charge in [-0.05, 0) is 41.9 Å². The van der Waals surface area contributed by atoms with Gasteiger partial charge in [-0.1, -0.05) is 6.07 Å². The van der Waals surface area contributed by atoms with Crippen LogP contribution in [0.15, 0.2) is 22.7 Å². The summed E-state index contributed by atoms with van der Waals surface area (Å²) in [5, 5.41) is 9.34. The molecule has 0 saturated carbocycles. The van der Waals surface area contributed by atoms with Gasteiger partial charge in [0.1, 0.15) is 0 Å². The first-order valence-corrected chi connectivity index (χ1v) is 6.70. The molecule has 1 aromatic rings. The Morgan fingerprint density at radius 2 is 2.22 bits per heavy atom. The maximum atomic E-state index is 11.4. The number of nitrogens with zero attached hydrogens (tertiary/aromatic N) is 1. The second kappa shape index (κ2) is 5.28. The van der Waals surface area contributed by atoms with E-state index in [0.29, 0.717) is 23.2 Å². The van der Waals surface area contributed by atoms with E-state index >= 15 is 0 Å². The first-order valence-electron chi connectivity index (χ1n) is 5.90. The number of anilines is 1. The Labute approximate surface area is 115 Å². The van der Waals surface area contributed by atoms with Crippen molar-refractivity contribution in [2.75, 3.05) is 18.1 Å². The quantitative estimate of drug-likeness (QED) is 0.912. The number of carboxylic acids is 1. The normalized spacial score (nSPS) is 24.1. The zero-order valence-corrected chi connectivity index (χ0v) is 12.0. The van der Waals surface area contributed by atoms with Crippen molar-refractivity contribution in [3.63, 3.8) is 0 Å². The van der Waals surface area contributed by atoms with Gasteiger partial charge in [0.25, 0.3) is 0 Å². The number of morpholine rings is 1. The highest BCUT2D eigenvalue weighted by atomic mass is 79.9. The van der Waals surface area contributed by atoms with Gasteiger partial charge in [-0.15, -0.1) is 0 Å². The first kappa shape index (κ1) is 13.4. The molecule has 0 amide bonds. The average molecular weight is 314 g/mol. The number of carbonyl (C=O) groups is 1. The van der Waals surface area contributed by atoms with Gasteiger partial charge in [0, 0.05) is 17.1 Å². The molecule has 1 saturated heterocycles. The van der Waals surface area contributed by atoms with E-state index in [1.807, 2.05) is 26.0 Å². The number of carboxylic acid groups (broad SMARTS) is 1. The van der Waals surface area contributed by atoms with Crippen LogP contribution in [0.5, 0.6) is 0 Å². The number of halogens is 1. The van der Waals surface area contributed by atoms with Crippen molar-refractivity contribution in [2.45, 2.75) is 26.0 Å². The minimum absolute atomic E-state index is 0.113. The molecule has 5 heteroatoms. The standard InChI is InChI=1S/C13H16BrNO3/c1-8-7-18-9(2)6-15(8)11-5-3-4-10(14)12(11)13(16)17/h3-5,8-9H,6-7H2,1-2H3,(H,16,17). The molecule has 18 heavy (non-hydrogen) atoms. The summed E-state index contributed by atoms with van der Waals surface area (Å²) in [7, 11) is 0. The van der Waals surface area contributed by atoms with Crippen molar-refractivity contribution in [3.05, 3.63) is 28.2 Å². The topological polar surface area (TPSA) is 49.8 Å². The third kappa shape index (κ3) is 2.52. The molecule has 4 nitrogen and oxygen atoms in total. The SMILES string of the molecule is CC1CN(c2cccc(Br)c2C(=O)O)C(C)CO1. The Bertz CT molecular complexity index is 464. The summed E-state index contributed by atoms with van der Waals surface area (Å²) in [5.74, 6) is -0.913. The van der Waals surface area contributed by atoms with Crippen LogP contribution >= 0.6 is 15.9 Å². The van der Waals surface area contributed by atoms with Gasteiger partial charge in [-0.3, -0.25) is 0 Å². The van der Waals surface area contributed by atoms with E-state index in [-0.39, 0.29) is 12.1 Å². The molecular formula is C13H16BrNO3. The van der Waals surface area contributed by atoms with Crippen molar-refractivity contribution >= 4 is 27.6 Å². The molecular weight excluding hydrogens is 298 g/mol. The first-order chi connectivity index (χ1) is 8.50. The highest BCUT2D eigenvalue weighted by Gasteiger charge is 2.27. The minimum Gasteiger partial charge on any atom is -0.478 e. The molecule has 1 fully saturated rings. The van der Waals surface area contributed by atoms with Crippen LogP contribution in [-0.2, 0) is 4.74 Å². The lowest BCUT2D eigenvalue weighted by molar-refractivity contribution is 0.0341. The van der Waals surface area contributed by atoms with Crippen molar-refractivity contribution in [3.8, 4) is 0 Å². The van der Waals surface area contributed by atoms with E-state index in [1.165, 1.54) is 0 Å². The Balaban J connectivity index is 2.43. The molecule has 1 aliphatic rings. The van der Waals surface area contributed by atoms with E-state index in [2.05, 4.69) is 20.8 Å². The van der Waals surface area contributed by atoms with E-state index in [9.17, 15) is 9.90 Å². The Morgan fingerprint density at radius 3 is 2.89 bits per heavy atom. The second-order valence-corrected chi connectivity index (χ2v) is 5.44. The van der Waals surface area contributed by atoms with Crippen molar-refractivity contribution in [1.29, 1.82) is 0 Å². The molecule has 98 valence electrons. The van der Waals surface area contributed by atoms with Crippen LogP contribution in [0.25, 0.3) is 0 Å². The van der Waals surface area contributed by atoms with Gasteiger partial charge in [-0.25, -0.2) is 4.79 Å². The molecule has 0 radical (unpaired) electrons. The van der Waals surface area contributed by atoms with Crippen LogP contribution in [-0.4, -0.2) is 36.4 Å². The van der Waals surface area contributed by atoms with Crippen molar-refractivity contribution < 1.29 is 14.6 Å². The third-order valence-electron chi connectivity index (χ3n) is 3.12. The smallest absolute Gasteiger partial charge is 0.338 e. The molecule has 0 bridgehead atoms. The summed E-state index contributed by atoms with van der Waals surface area (Å²) in [4.78, 5) is 13.5. The Hall–Kier alpha value is -1.07. The molecule has 0 aliphatic carbocycles. The summed E-state index contributed by atoms with van der Waals surface area (Å²) >= 11 is 3.31. The Morgan fingerprint density at radius 1 is 1.50 bits per heavy atom. The fourth-order valence-electron chi connectivity index (χ4n) is 2.20. The van der Waals surface area contributed by atoms with Gasteiger partial charge in [0.05, 0.1) is 24.0 Å². The van der Waals surface area contributed by atoms with Gasteiger partial charge < -0.3 is 14.7 Å². The predicted octanol–water partition coefficient (Wildman–Crippen LogP) is 2.76. The van der Waals surface area contributed by atoms with E-state index in [0.717, 1.165) is 5.69 Å². The summed E-state index contributed by atoms with van der Waals surface area (Å²) in [6, 6.07) is 5.64. The van der Waals surface area contributed by atoms with Gasteiger partial charge in [0.15, 0.2) is 0 Å². The fraction of sp³-hybridized carbons (Fsp3) is 0.462. The van der Waals surface area contributed by atoms with E-state index in [1.54, 1.807) is 6.07 Å². The average Bonchev–Trinajstić information content (AvgIpc) is 2.31. The predicted molar refractivity (Wildman–Crippen MR) is 73.3 cm³/mol. The van der Waals surface area contributed by atoms with Crippen LogP contribution in [0.2, 0.25) is 0 Å². The lowest BCUT2D eigenvalue weighted by Crippen LogP contribution is -2.48.